The van der Waals surface area contributed by atoms with Gasteiger partial charge in [-0.2, -0.15) is 4.31 Å². The number of benzene rings is 1. The van der Waals surface area contributed by atoms with E-state index in [1.54, 1.807) is 11.2 Å². The lowest BCUT2D eigenvalue weighted by molar-refractivity contribution is -0.170. The van der Waals surface area contributed by atoms with E-state index < -0.39 is 46.4 Å². The number of hydrogen-bond donors (Lipinski definition) is 5. The third-order valence-corrected chi connectivity index (χ3v) is 8.29. The summed E-state index contributed by atoms with van der Waals surface area (Å²) in [6.07, 6.45) is -0.233. The minimum absolute atomic E-state index is 0.000639. The molecule has 228 valence electrons. The summed E-state index contributed by atoms with van der Waals surface area (Å²) in [4.78, 5) is 45.0. The van der Waals surface area contributed by atoms with E-state index in [-0.39, 0.29) is 17.7 Å². The maximum atomic E-state index is 12.2. The molecule has 0 unspecified atom stereocenters. The smallest absolute Gasteiger partial charge is 0.336 e. The highest BCUT2D eigenvalue weighted by Crippen LogP contribution is 2.23. The summed E-state index contributed by atoms with van der Waals surface area (Å²) in [5.74, 6) is -4.87. The molecule has 14 nitrogen and oxygen atoms in total. The largest absolute Gasteiger partial charge is 0.481 e. The van der Waals surface area contributed by atoms with Crippen molar-refractivity contribution in [3.05, 3.63) is 36.0 Å². The summed E-state index contributed by atoms with van der Waals surface area (Å²) in [6.45, 7) is 9.13. The molecule has 1 saturated heterocycles. The molecule has 2 heterocycles. The molecule has 1 amide bonds. The molecular weight excluding hydrogens is 560 g/mol. The second-order valence-corrected chi connectivity index (χ2v) is 12.3. The first kappa shape index (κ1) is 33.7. The van der Waals surface area contributed by atoms with Crippen molar-refractivity contribution in [3.63, 3.8) is 0 Å². The van der Waals surface area contributed by atoms with Gasteiger partial charge in [0, 0.05) is 55.9 Å². The van der Waals surface area contributed by atoms with Crippen LogP contribution in [0, 0.1) is 0 Å². The van der Waals surface area contributed by atoms with Crippen LogP contribution in [0.15, 0.2) is 30.5 Å². The van der Waals surface area contributed by atoms with Crippen molar-refractivity contribution in [2.45, 2.75) is 58.3 Å². The van der Waals surface area contributed by atoms with Crippen LogP contribution in [-0.4, -0.2) is 110 Å². The van der Waals surface area contributed by atoms with Crippen molar-refractivity contribution in [2.24, 2.45) is 0 Å². The third kappa shape index (κ3) is 9.81. The number of carboxylic acid groups (broad SMARTS) is 3. The summed E-state index contributed by atoms with van der Waals surface area (Å²) in [5.41, 5.74) is -0.527. The topological polar surface area (TPSA) is 207 Å². The summed E-state index contributed by atoms with van der Waals surface area (Å²) in [5, 5.41) is 37.9. The number of carbonyl (C=O) groups is 4. The average molecular weight is 599 g/mol. The molecule has 0 radical (unpaired) electrons. The first-order chi connectivity index (χ1) is 19.1. The number of carbonyl (C=O) groups excluding carboxylic acids is 1. The van der Waals surface area contributed by atoms with Crippen molar-refractivity contribution in [1.82, 2.24) is 19.1 Å². The maximum Gasteiger partial charge on any atom is 0.336 e. The predicted molar refractivity (Wildman–Crippen MR) is 149 cm³/mol. The number of aliphatic carboxylic acids is 3. The number of nitrogens with zero attached hydrogens (tertiary/aromatic N) is 3. The zero-order chi connectivity index (χ0) is 31.0. The Kier molecular flexibility index (Phi) is 11.8. The third-order valence-electron chi connectivity index (χ3n) is 6.40. The lowest BCUT2D eigenvalue weighted by Crippen LogP contribution is -2.48. The lowest BCUT2D eigenvalue weighted by atomic mass is 9.96. The molecule has 1 aliphatic rings. The first-order valence-electron chi connectivity index (χ1n) is 13.0. The highest BCUT2D eigenvalue weighted by molar-refractivity contribution is 7.89. The SMILES string of the molecule is CCS(=O)(=O)N1CCN(Cc2cn(CC(=O)NC(C)C)c3ccccc23)CC1.O=C(O)CC(O)(CC(=O)O)C(=O)O. The average Bonchev–Trinajstić information content (AvgIpc) is 3.20. The molecule has 41 heavy (non-hydrogen) atoms. The lowest BCUT2D eigenvalue weighted by Gasteiger charge is -2.33. The van der Waals surface area contributed by atoms with Crippen LogP contribution in [0.25, 0.3) is 10.9 Å². The Morgan fingerprint density at radius 2 is 1.54 bits per heavy atom. The van der Waals surface area contributed by atoms with Gasteiger partial charge in [0.25, 0.3) is 0 Å². The minimum atomic E-state index is -3.11. The number of para-hydroxylation sites is 1. The van der Waals surface area contributed by atoms with E-state index in [1.165, 1.54) is 5.56 Å². The van der Waals surface area contributed by atoms with Gasteiger partial charge in [-0.05, 0) is 32.4 Å². The van der Waals surface area contributed by atoms with Crippen LogP contribution in [0.1, 0.15) is 39.2 Å². The van der Waals surface area contributed by atoms with Gasteiger partial charge < -0.3 is 30.3 Å². The van der Waals surface area contributed by atoms with Crippen molar-refractivity contribution in [1.29, 1.82) is 0 Å². The van der Waals surface area contributed by atoms with Crippen LogP contribution in [-0.2, 0) is 42.3 Å². The Labute approximate surface area is 238 Å². The van der Waals surface area contributed by atoms with Gasteiger partial charge in [0.15, 0.2) is 5.60 Å². The highest BCUT2D eigenvalue weighted by atomic mass is 32.2. The second-order valence-electron chi connectivity index (χ2n) is 10.1. The van der Waals surface area contributed by atoms with Gasteiger partial charge in [-0.15, -0.1) is 0 Å². The molecule has 0 spiro atoms. The molecule has 15 heteroatoms. The van der Waals surface area contributed by atoms with Crippen LogP contribution in [0.4, 0.5) is 0 Å². The molecule has 1 aromatic heterocycles. The van der Waals surface area contributed by atoms with Crippen molar-refractivity contribution in [2.75, 3.05) is 31.9 Å². The minimum Gasteiger partial charge on any atom is -0.481 e. The predicted octanol–water partition coefficient (Wildman–Crippen LogP) is 0.385. The zero-order valence-electron chi connectivity index (χ0n) is 23.3. The fourth-order valence-corrected chi connectivity index (χ4v) is 5.49. The number of hydrogen-bond acceptors (Lipinski definition) is 8. The van der Waals surface area contributed by atoms with Gasteiger partial charge in [0.05, 0.1) is 18.6 Å². The fourth-order valence-electron chi connectivity index (χ4n) is 4.41. The van der Waals surface area contributed by atoms with Crippen LogP contribution in [0.2, 0.25) is 0 Å². The molecule has 0 saturated carbocycles. The van der Waals surface area contributed by atoms with Crippen molar-refractivity contribution in [3.8, 4) is 0 Å². The van der Waals surface area contributed by atoms with E-state index in [4.69, 9.17) is 20.4 Å². The number of amides is 1. The summed E-state index contributed by atoms with van der Waals surface area (Å²) < 4.78 is 27.7. The zero-order valence-corrected chi connectivity index (χ0v) is 24.1. The van der Waals surface area contributed by atoms with Gasteiger partial charge in [-0.1, -0.05) is 18.2 Å². The van der Waals surface area contributed by atoms with Gasteiger partial charge >= 0.3 is 17.9 Å². The highest BCUT2D eigenvalue weighted by Gasteiger charge is 2.40. The van der Waals surface area contributed by atoms with E-state index in [1.807, 2.05) is 36.6 Å². The Morgan fingerprint density at radius 1 is 0.976 bits per heavy atom. The molecule has 1 fully saturated rings. The normalized spacial score (nSPS) is 14.9. The second kappa shape index (κ2) is 14.4. The Hall–Kier alpha value is -3.53. The van der Waals surface area contributed by atoms with Crippen LogP contribution < -0.4 is 5.32 Å². The van der Waals surface area contributed by atoms with E-state index >= 15 is 0 Å². The van der Waals surface area contributed by atoms with Crippen molar-refractivity contribution >= 4 is 44.7 Å². The van der Waals surface area contributed by atoms with Gasteiger partial charge in [-0.25, -0.2) is 13.2 Å². The number of sulfonamides is 1. The molecule has 2 aromatic rings. The molecular formula is C26H38N4O10S. The van der Waals surface area contributed by atoms with Crippen LogP contribution in [0.3, 0.4) is 0 Å². The van der Waals surface area contributed by atoms with Crippen LogP contribution >= 0.6 is 0 Å². The molecule has 5 N–H and O–H groups in total. The molecule has 0 aliphatic carbocycles. The summed E-state index contributed by atoms with van der Waals surface area (Å²) in [6, 6.07) is 8.23. The standard InChI is InChI=1S/C20H30N4O3S.C6H8O7/c1-4-28(26,27)24-11-9-22(10-12-24)13-17-14-23(15-20(25)21-16(2)3)19-8-6-5-7-18(17)19;7-3(8)1-6(13,5(11)12)2-4(9)10/h5-8,14,16H,4,9-13,15H2,1-3H3,(H,21,25);13H,1-2H2,(H,7,8)(H,9,10)(H,11,12). The number of fused-ring (bicyclic) bond motifs is 1. The van der Waals surface area contributed by atoms with Gasteiger partial charge in [0.1, 0.15) is 6.54 Å². The number of piperazine rings is 1. The summed E-state index contributed by atoms with van der Waals surface area (Å²) >= 11 is 0. The van der Waals surface area contributed by atoms with E-state index in [0.717, 1.165) is 17.4 Å². The van der Waals surface area contributed by atoms with E-state index in [9.17, 15) is 27.6 Å². The molecule has 1 aromatic carbocycles. The molecule has 3 rings (SSSR count). The number of aromatic nitrogens is 1. The molecule has 0 atom stereocenters. The molecule has 0 bridgehead atoms. The molecule has 1 aliphatic heterocycles. The van der Waals surface area contributed by atoms with Gasteiger partial charge in [-0.3, -0.25) is 19.3 Å². The maximum absolute atomic E-state index is 12.2. The first-order valence-corrected chi connectivity index (χ1v) is 14.6. The van der Waals surface area contributed by atoms with E-state index in [0.29, 0.717) is 32.7 Å². The fraction of sp³-hybridized carbons (Fsp3) is 0.538. The monoisotopic (exact) mass is 598 g/mol. The quantitative estimate of drug-likeness (QED) is 0.226. The van der Waals surface area contributed by atoms with E-state index in [2.05, 4.69) is 22.5 Å². The summed E-state index contributed by atoms with van der Waals surface area (Å²) in [7, 11) is -3.11. The number of carboxylic acids is 3. The number of aliphatic hydroxyl groups is 1. The van der Waals surface area contributed by atoms with Crippen LogP contribution in [0.5, 0.6) is 0 Å². The Morgan fingerprint density at radius 3 is 2.02 bits per heavy atom. The number of rotatable bonds is 12. The van der Waals surface area contributed by atoms with Gasteiger partial charge in [0.2, 0.25) is 15.9 Å². The Balaban J connectivity index is 0.000000383. The number of nitrogens with one attached hydrogen (secondary N) is 1. The van der Waals surface area contributed by atoms with Crippen molar-refractivity contribution < 1.29 is 48.0 Å². The Bertz CT molecular complexity index is 1330.